The van der Waals surface area contributed by atoms with E-state index in [1.165, 1.54) is 22.6 Å². The van der Waals surface area contributed by atoms with Crippen molar-refractivity contribution in [2.45, 2.75) is 12.6 Å². The topological polar surface area (TPSA) is 52.7 Å². The molecule has 1 heterocycles. The molecule has 2 aromatic carbocycles. The predicted octanol–water partition coefficient (Wildman–Crippen LogP) is 3.56. The summed E-state index contributed by atoms with van der Waals surface area (Å²) < 4.78 is 38.1. The quantitative estimate of drug-likeness (QED) is 0.764. The van der Waals surface area contributed by atoms with Crippen LogP contribution in [0.4, 0.5) is 24.5 Å². The third-order valence-electron chi connectivity index (χ3n) is 5.36. The highest BCUT2D eigenvalue weighted by molar-refractivity contribution is 6.39. The molecule has 1 N–H and O–H groups in total. The molecule has 2 aliphatic rings. The van der Waals surface area contributed by atoms with E-state index >= 15 is 0 Å². The van der Waals surface area contributed by atoms with Crippen LogP contribution >= 0.6 is 0 Å². The van der Waals surface area contributed by atoms with Crippen LogP contribution in [0.15, 0.2) is 48.5 Å². The van der Waals surface area contributed by atoms with Crippen molar-refractivity contribution in [1.29, 1.82) is 0 Å². The first kappa shape index (κ1) is 20.0. The Morgan fingerprint density at radius 3 is 2.30 bits per heavy atom. The van der Waals surface area contributed by atoms with Gasteiger partial charge in [-0.25, -0.2) is 0 Å². The lowest BCUT2D eigenvalue weighted by Crippen LogP contribution is -2.51. The Kier molecular flexibility index (Phi) is 5.24. The first-order valence-electron chi connectivity index (χ1n) is 9.63. The second-order valence-electron chi connectivity index (χ2n) is 7.30. The first-order chi connectivity index (χ1) is 14.3. The van der Waals surface area contributed by atoms with Crippen molar-refractivity contribution in [2.24, 2.45) is 0 Å². The van der Waals surface area contributed by atoms with Crippen LogP contribution in [0.1, 0.15) is 16.7 Å². The van der Waals surface area contributed by atoms with E-state index in [0.717, 1.165) is 24.1 Å². The van der Waals surface area contributed by atoms with Gasteiger partial charge in [-0.05, 0) is 53.9 Å². The maximum absolute atomic E-state index is 12.7. The van der Waals surface area contributed by atoms with Crippen LogP contribution in [0, 0.1) is 0 Å². The zero-order valence-electron chi connectivity index (χ0n) is 16.1. The highest BCUT2D eigenvalue weighted by Crippen LogP contribution is 2.30. The summed E-state index contributed by atoms with van der Waals surface area (Å²) in [7, 11) is 0. The number of nitrogens with zero attached hydrogens (tertiary/aromatic N) is 2. The zero-order chi connectivity index (χ0) is 21.3. The molecule has 0 atom stereocenters. The van der Waals surface area contributed by atoms with Gasteiger partial charge in [-0.2, -0.15) is 13.2 Å². The molecule has 0 unspecified atom stereocenters. The van der Waals surface area contributed by atoms with Gasteiger partial charge < -0.3 is 15.1 Å². The van der Waals surface area contributed by atoms with Gasteiger partial charge in [-0.3, -0.25) is 9.59 Å². The highest BCUT2D eigenvalue weighted by Gasteiger charge is 2.31. The number of alkyl halides is 3. The molecule has 156 valence electrons. The van der Waals surface area contributed by atoms with Gasteiger partial charge in [0.05, 0.1) is 5.56 Å². The molecular weight excluding hydrogens is 395 g/mol. The van der Waals surface area contributed by atoms with E-state index in [1.54, 1.807) is 6.07 Å². The highest BCUT2D eigenvalue weighted by atomic mass is 19.4. The molecule has 0 spiro atoms. The van der Waals surface area contributed by atoms with Crippen molar-refractivity contribution in [1.82, 2.24) is 4.90 Å². The monoisotopic (exact) mass is 415 g/mol. The van der Waals surface area contributed by atoms with Crippen LogP contribution in [-0.2, 0) is 22.2 Å². The SMILES string of the molecule is O=C(Nc1ccc2c(c1)C=CC2)C(=O)N1CCN(c2ccc(C(F)(F)F)cc2)CC1. The summed E-state index contributed by atoms with van der Waals surface area (Å²) in [6.45, 7) is 1.52. The third-order valence-corrected chi connectivity index (χ3v) is 5.36. The Bertz CT molecular complexity index is 992. The molecule has 2 amide bonds. The standard InChI is InChI=1S/C22H20F3N3O2/c23-22(24,25)17-5-8-19(9-6-17)27-10-12-28(13-11-27)21(30)20(29)26-18-7-4-15-2-1-3-16(15)14-18/h1,3-9,14H,2,10-13H2,(H,26,29). The van der Waals surface area contributed by atoms with Crippen molar-refractivity contribution in [3.63, 3.8) is 0 Å². The molecule has 1 aliphatic heterocycles. The summed E-state index contributed by atoms with van der Waals surface area (Å²) in [6, 6.07) is 10.5. The molecule has 30 heavy (non-hydrogen) atoms. The Balaban J connectivity index is 1.32. The molecule has 0 saturated carbocycles. The summed E-state index contributed by atoms with van der Waals surface area (Å²) in [6.07, 6.45) is 0.517. The average molecular weight is 415 g/mol. The number of fused-ring (bicyclic) bond motifs is 1. The number of carbonyl (C=O) groups excluding carboxylic acids is 2. The molecule has 8 heteroatoms. The molecular formula is C22H20F3N3O2. The lowest BCUT2D eigenvalue weighted by Gasteiger charge is -2.35. The van der Waals surface area contributed by atoms with Gasteiger partial charge in [-0.15, -0.1) is 0 Å². The zero-order valence-corrected chi connectivity index (χ0v) is 16.1. The Morgan fingerprint density at radius 1 is 0.933 bits per heavy atom. The minimum absolute atomic E-state index is 0.320. The molecule has 0 bridgehead atoms. The molecule has 1 aliphatic carbocycles. The smallest absolute Gasteiger partial charge is 0.368 e. The minimum Gasteiger partial charge on any atom is -0.368 e. The second kappa shape index (κ2) is 7.85. The van der Waals surface area contributed by atoms with E-state index < -0.39 is 23.6 Å². The predicted molar refractivity (Wildman–Crippen MR) is 108 cm³/mol. The van der Waals surface area contributed by atoms with Crippen LogP contribution < -0.4 is 10.2 Å². The fourth-order valence-corrected chi connectivity index (χ4v) is 3.68. The third kappa shape index (κ3) is 4.17. The number of rotatable bonds is 2. The molecule has 1 fully saturated rings. The Hall–Kier alpha value is -3.29. The molecule has 1 saturated heterocycles. The number of hydrogen-bond donors (Lipinski definition) is 1. The summed E-state index contributed by atoms with van der Waals surface area (Å²) in [5, 5.41) is 2.65. The van der Waals surface area contributed by atoms with Gasteiger partial charge in [0.25, 0.3) is 0 Å². The van der Waals surface area contributed by atoms with Gasteiger partial charge in [0.15, 0.2) is 0 Å². The number of piperazine rings is 1. The van der Waals surface area contributed by atoms with E-state index in [2.05, 4.69) is 5.32 Å². The fourth-order valence-electron chi connectivity index (χ4n) is 3.68. The largest absolute Gasteiger partial charge is 0.416 e. The van der Waals surface area contributed by atoms with Crippen molar-refractivity contribution < 1.29 is 22.8 Å². The number of nitrogens with one attached hydrogen (secondary N) is 1. The summed E-state index contributed by atoms with van der Waals surface area (Å²) in [5.74, 6) is -1.31. The Morgan fingerprint density at radius 2 is 1.63 bits per heavy atom. The van der Waals surface area contributed by atoms with Crippen LogP contribution in [0.2, 0.25) is 0 Å². The number of carbonyl (C=O) groups is 2. The summed E-state index contributed by atoms with van der Waals surface area (Å²) in [5.41, 5.74) is 2.75. The number of anilines is 2. The van der Waals surface area contributed by atoms with Crippen LogP contribution in [0.5, 0.6) is 0 Å². The molecule has 4 rings (SSSR count). The number of benzene rings is 2. The van der Waals surface area contributed by atoms with Gasteiger partial charge in [0, 0.05) is 37.6 Å². The summed E-state index contributed by atoms with van der Waals surface area (Å²) >= 11 is 0. The second-order valence-corrected chi connectivity index (χ2v) is 7.30. The van der Waals surface area contributed by atoms with Gasteiger partial charge in [0.1, 0.15) is 0 Å². The molecule has 0 radical (unpaired) electrons. The lowest BCUT2D eigenvalue weighted by atomic mass is 10.1. The van der Waals surface area contributed by atoms with E-state index in [9.17, 15) is 22.8 Å². The van der Waals surface area contributed by atoms with Crippen molar-refractivity contribution in [2.75, 3.05) is 36.4 Å². The molecule has 0 aromatic heterocycles. The maximum atomic E-state index is 12.7. The fraction of sp³-hybridized carbons (Fsp3) is 0.273. The Labute approximate surface area is 171 Å². The first-order valence-corrected chi connectivity index (χ1v) is 9.63. The number of halogens is 3. The van der Waals surface area contributed by atoms with E-state index in [1.807, 2.05) is 29.2 Å². The molecule has 2 aromatic rings. The van der Waals surface area contributed by atoms with Crippen molar-refractivity contribution in [3.05, 3.63) is 65.2 Å². The van der Waals surface area contributed by atoms with Crippen LogP contribution in [-0.4, -0.2) is 42.9 Å². The number of amides is 2. The van der Waals surface area contributed by atoms with Gasteiger partial charge in [0.2, 0.25) is 0 Å². The van der Waals surface area contributed by atoms with E-state index in [-0.39, 0.29) is 0 Å². The van der Waals surface area contributed by atoms with Crippen LogP contribution in [0.3, 0.4) is 0 Å². The van der Waals surface area contributed by atoms with E-state index in [0.29, 0.717) is 37.6 Å². The average Bonchev–Trinajstić information content (AvgIpc) is 3.21. The maximum Gasteiger partial charge on any atom is 0.416 e. The number of allylic oxidation sites excluding steroid dienone is 1. The lowest BCUT2D eigenvalue weighted by molar-refractivity contribution is -0.143. The molecule has 5 nitrogen and oxygen atoms in total. The van der Waals surface area contributed by atoms with Crippen LogP contribution in [0.25, 0.3) is 6.08 Å². The number of hydrogen-bond acceptors (Lipinski definition) is 3. The van der Waals surface area contributed by atoms with E-state index in [4.69, 9.17) is 0 Å². The van der Waals surface area contributed by atoms with Gasteiger partial charge in [-0.1, -0.05) is 18.2 Å². The van der Waals surface area contributed by atoms with Crippen molar-refractivity contribution >= 4 is 29.3 Å². The van der Waals surface area contributed by atoms with Crippen molar-refractivity contribution in [3.8, 4) is 0 Å². The normalized spacial score (nSPS) is 15.8. The van der Waals surface area contributed by atoms with Gasteiger partial charge >= 0.3 is 18.0 Å². The summed E-state index contributed by atoms with van der Waals surface area (Å²) in [4.78, 5) is 28.2. The minimum atomic E-state index is -4.37.